The van der Waals surface area contributed by atoms with Gasteiger partial charge >= 0.3 is 0 Å². The topological polar surface area (TPSA) is 84.2 Å². The number of aromatic nitrogens is 2. The Morgan fingerprint density at radius 3 is 2.75 bits per heavy atom. The van der Waals surface area contributed by atoms with E-state index in [0.29, 0.717) is 11.1 Å². The molecule has 0 aliphatic carbocycles. The summed E-state index contributed by atoms with van der Waals surface area (Å²) in [5.41, 5.74) is 3.12. The lowest BCUT2D eigenvalue weighted by Crippen LogP contribution is -2.23. The van der Waals surface area contributed by atoms with Gasteiger partial charge in [0.1, 0.15) is 6.67 Å². The molecule has 2 N–H and O–H groups in total. The third-order valence-corrected chi connectivity index (χ3v) is 3.69. The minimum Gasteiger partial charge on any atom is -0.294 e. The molecule has 0 atom stereocenters. The summed E-state index contributed by atoms with van der Waals surface area (Å²) in [6, 6.07) is 11.3. The average molecular weight is 327 g/mol. The number of nitrogens with one attached hydrogen (secondary N) is 1. The number of alkyl halides is 1. The van der Waals surface area contributed by atoms with Crippen LogP contribution in [0.5, 0.6) is 0 Å². The standard InChI is InChI=1S/C17H14FN3O3/c18-8-11-2-1-3-12(6-11)9-21-10-19-15-5-4-13(16(22)20-24)7-14(15)17(21)23/h1-7,10,24H,8-9H2,(H,20,22). The Labute approximate surface area is 136 Å². The lowest BCUT2D eigenvalue weighted by molar-refractivity contribution is 0.0706. The molecule has 0 bridgehead atoms. The van der Waals surface area contributed by atoms with Crippen LogP contribution in [0.15, 0.2) is 53.6 Å². The molecule has 2 aromatic carbocycles. The van der Waals surface area contributed by atoms with Crippen molar-refractivity contribution in [2.45, 2.75) is 13.2 Å². The van der Waals surface area contributed by atoms with Gasteiger partial charge < -0.3 is 0 Å². The molecule has 3 rings (SSSR count). The van der Waals surface area contributed by atoms with Crippen molar-refractivity contribution in [1.82, 2.24) is 15.0 Å². The Hall–Kier alpha value is -3.06. The quantitative estimate of drug-likeness (QED) is 0.567. The summed E-state index contributed by atoms with van der Waals surface area (Å²) in [7, 11) is 0. The van der Waals surface area contributed by atoms with Crippen LogP contribution in [0.3, 0.4) is 0 Å². The fourth-order valence-corrected chi connectivity index (χ4v) is 2.49. The SMILES string of the molecule is O=C(NO)c1ccc2ncn(Cc3cccc(CF)c3)c(=O)c2c1. The second-order valence-corrected chi connectivity index (χ2v) is 5.30. The van der Waals surface area contributed by atoms with Gasteiger partial charge in [-0.25, -0.2) is 14.9 Å². The Bertz CT molecular complexity index is 969. The van der Waals surface area contributed by atoms with E-state index in [1.165, 1.54) is 34.6 Å². The maximum atomic E-state index is 12.7. The Balaban J connectivity index is 2.04. The Morgan fingerprint density at radius 2 is 2.00 bits per heavy atom. The van der Waals surface area contributed by atoms with E-state index in [1.807, 2.05) is 0 Å². The molecule has 0 radical (unpaired) electrons. The summed E-state index contributed by atoms with van der Waals surface area (Å²) in [5.74, 6) is -0.706. The predicted molar refractivity (Wildman–Crippen MR) is 85.6 cm³/mol. The summed E-state index contributed by atoms with van der Waals surface area (Å²) >= 11 is 0. The number of hydroxylamine groups is 1. The molecular formula is C17H14FN3O3. The normalized spacial score (nSPS) is 10.8. The smallest absolute Gasteiger partial charge is 0.274 e. The van der Waals surface area contributed by atoms with E-state index >= 15 is 0 Å². The molecule has 6 nitrogen and oxygen atoms in total. The number of carbonyl (C=O) groups is 1. The molecule has 1 heterocycles. The van der Waals surface area contributed by atoms with Crippen molar-refractivity contribution >= 4 is 16.8 Å². The van der Waals surface area contributed by atoms with Crippen molar-refractivity contribution in [3.05, 3.63) is 75.8 Å². The van der Waals surface area contributed by atoms with Crippen LogP contribution in [-0.2, 0) is 13.2 Å². The minimum atomic E-state index is -0.706. The molecule has 3 aromatic rings. The number of fused-ring (bicyclic) bond motifs is 1. The lowest BCUT2D eigenvalue weighted by atomic mass is 10.1. The highest BCUT2D eigenvalue weighted by atomic mass is 19.1. The van der Waals surface area contributed by atoms with Crippen molar-refractivity contribution < 1.29 is 14.4 Å². The molecule has 0 fully saturated rings. The zero-order valence-electron chi connectivity index (χ0n) is 12.6. The molecule has 0 aliphatic heterocycles. The van der Waals surface area contributed by atoms with Gasteiger partial charge in [0.2, 0.25) is 0 Å². The van der Waals surface area contributed by atoms with Crippen LogP contribution in [0.1, 0.15) is 21.5 Å². The van der Waals surface area contributed by atoms with Gasteiger partial charge in [0.25, 0.3) is 11.5 Å². The first-order chi connectivity index (χ1) is 11.6. The third kappa shape index (κ3) is 3.02. The van der Waals surface area contributed by atoms with Crippen molar-refractivity contribution in [2.24, 2.45) is 0 Å². The van der Waals surface area contributed by atoms with Crippen LogP contribution >= 0.6 is 0 Å². The first kappa shape index (κ1) is 15.8. The number of halogens is 1. The highest BCUT2D eigenvalue weighted by Crippen LogP contribution is 2.12. The summed E-state index contributed by atoms with van der Waals surface area (Å²) in [4.78, 5) is 28.3. The van der Waals surface area contributed by atoms with Crippen LogP contribution < -0.4 is 11.0 Å². The summed E-state index contributed by atoms with van der Waals surface area (Å²) in [5, 5.41) is 8.96. The zero-order valence-corrected chi connectivity index (χ0v) is 12.6. The molecule has 0 aliphatic rings. The molecule has 0 spiro atoms. The number of benzene rings is 2. The van der Waals surface area contributed by atoms with E-state index < -0.39 is 12.6 Å². The zero-order chi connectivity index (χ0) is 17.1. The van der Waals surface area contributed by atoms with Gasteiger partial charge in [0.05, 0.1) is 23.8 Å². The molecule has 7 heteroatoms. The monoisotopic (exact) mass is 327 g/mol. The first-order valence-electron chi connectivity index (χ1n) is 7.20. The number of amides is 1. The number of hydrogen-bond donors (Lipinski definition) is 2. The highest BCUT2D eigenvalue weighted by molar-refractivity contribution is 5.97. The fourth-order valence-electron chi connectivity index (χ4n) is 2.49. The maximum absolute atomic E-state index is 12.7. The largest absolute Gasteiger partial charge is 0.294 e. The number of rotatable bonds is 4. The number of nitrogens with zero attached hydrogens (tertiary/aromatic N) is 2. The molecule has 0 unspecified atom stereocenters. The highest BCUT2D eigenvalue weighted by Gasteiger charge is 2.10. The molecular weight excluding hydrogens is 313 g/mol. The summed E-state index contributed by atoms with van der Waals surface area (Å²) in [6.45, 7) is -0.329. The van der Waals surface area contributed by atoms with E-state index in [4.69, 9.17) is 5.21 Å². The van der Waals surface area contributed by atoms with E-state index in [1.54, 1.807) is 24.3 Å². The number of carbonyl (C=O) groups excluding carboxylic acids is 1. The van der Waals surface area contributed by atoms with Crippen LogP contribution in [0.4, 0.5) is 4.39 Å². The second-order valence-electron chi connectivity index (χ2n) is 5.30. The van der Waals surface area contributed by atoms with Gasteiger partial charge in [-0.3, -0.25) is 19.4 Å². The second kappa shape index (κ2) is 6.59. The molecule has 1 amide bonds. The minimum absolute atomic E-state index is 0.154. The number of hydrogen-bond acceptors (Lipinski definition) is 4. The van der Waals surface area contributed by atoms with Crippen LogP contribution in [0.25, 0.3) is 10.9 Å². The van der Waals surface area contributed by atoms with Gasteiger partial charge in [-0.2, -0.15) is 0 Å². The van der Waals surface area contributed by atoms with Crippen molar-refractivity contribution in [2.75, 3.05) is 0 Å². The van der Waals surface area contributed by atoms with Gasteiger partial charge in [-0.05, 0) is 29.3 Å². The van der Waals surface area contributed by atoms with Crippen molar-refractivity contribution in [1.29, 1.82) is 0 Å². The molecule has 1 aromatic heterocycles. The van der Waals surface area contributed by atoms with Crippen molar-refractivity contribution in [3.63, 3.8) is 0 Å². The Morgan fingerprint density at radius 1 is 1.21 bits per heavy atom. The molecule has 122 valence electrons. The van der Waals surface area contributed by atoms with Gasteiger partial charge in [-0.15, -0.1) is 0 Å². The van der Waals surface area contributed by atoms with Gasteiger partial charge in [-0.1, -0.05) is 24.3 Å². The van der Waals surface area contributed by atoms with Gasteiger partial charge in [0.15, 0.2) is 0 Å². The van der Waals surface area contributed by atoms with E-state index in [-0.39, 0.29) is 23.1 Å². The molecule has 0 saturated heterocycles. The van der Waals surface area contributed by atoms with Crippen molar-refractivity contribution in [3.8, 4) is 0 Å². The summed E-state index contributed by atoms with van der Waals surface area (Å²) < 4.78 is 14.1. The van der Waals surface area contributed by atoms with E-state index in [2.05, 4.69) is 4.98 Å². The molecule has 24 heavy (non-hydrogen) atoms. The van der Waals surface area contributed by atoms with Crippen LogP contribution in [-0.4, -0.2) is 20.7 Å². The average Bonchev–Trinajstić information content (AvgIpc) is 2.63. The van der Waals surface area contributed by atoms with E-state index in [0.717, 1.165) is 5.56 Å². The summed E-state index contributed by atoms with van der Waals surface area (Å²) in [6.07, 6.45) is 1.42. The van der Waals surface area contributed by atoms with E-state index in [9.17, 15) is 14.0 Å². The third-order valence-electron chi connectivity index (χ3n) is 3.69. The first-order valence-corrected chi connectivity index (χ1v) is 7.20. The van der Waals surface area contributed by atoms with Gasteiger partial charge in [0, 0.05) is 5.56 Å². The maximum Gasteiger partial charge on any atom is 0.274 e. The lowest BCUT2D eigenvalue weighted by Gasteiger charge is -2.08. The predicted octanol–water partition coefficient (Wildman–Crippen LogP) is 2.03. The van der Waals surface area contributed by atoms with Crippen LogP contribution in [0, 0.1) is 0 Å². The van der Waals surface area contributed by atoms with Crippen LogP contribution in [0.2, 0.25) is 0 Å². The molecule has 0 saturated carbocycles. The Kier molecular flexibility index (Phi) is 4.35. The fraction of sp³-hybridized carbons (Fsp3) is 0.118.